The Morgan fingerprint density at radius 3 is 2.67 bits per heavy atom. The predicted octanol–water partition coefficient (Wildman–Crippen LogP) is 1.30. The number of rotatable bonds is 3. The highest BCUT2D eigenvalue weighted by atomic mass is 16.6. The first-order valence-corrected chi connectivity index (χ1v) is 4.20. The number of nitrogens with zero attached hydrogens (tertiary/aromatic N) is 1. The lowest BCUT2D eigenvalue weighted by Crippen LogP contribution is -2.14. The van der Waals surface area contributed by atoms with Crippen LogP contribution in [-0.4, -0.2) is 16.0 Å². The zero-order valence-electron chi connectivity index (χ0n) is 8.01. The number of carbonyl (C=O) groups is 1. The molecule has 1 aromatic carbocycles. The summed E-state index contributed by atoms with van der Waals surface area (Å²) in [6.45, 7) is 1.30. The molecule has 80 valence electrons. The highest BCUT2D eigenvalue weighted by molar-refractivity contribution is 5.91. The second-order valence-corrected chi connectivity index (χ2v) is 3.07. The molecule has 0 radical (unpaired) electrons. The number of nitrogens with two attached hydrogens (primary N) is 1. The van der Waals surface area contributed by atoms with E-state index in [0.29, 0.717) is 0 Å². The average Bonchev–Trinajstić information content (AvgIpc) is 2.16. The van der Waals surface area contributed by atoms with Crippen LogP contribution in [0.4, 0.5) is 5.69 Å². The monoisotopic (exact) mass is 210 g/mol. The third-order valence-corrected chi connectivity index (χ3v) is 2.10. The number of nitrogen functional groups attached to an aromatic ring is 1. The number of anilines is 1. The van der Waals surface area contributed by atoms with Crippen molar-refractivity contribution in [1.29, 1.82) is 0 Å². The second kappa shape index (κ2) is 3.95. The lowest BCUT2D eigenvalue weighted by molar-refractivity contribution is -0.524. The molecule has 0 saturated heterocycles. The van der Waals surface area contributed by atoms with E-state index in [2.05, 4.69) is 0 Å². The van der Waals surface area contributed by atoms with Crippen molar-refractivity contribution in [3.8, 4) is 0 Å². The molecule has 1 aromatic rings. The summed E-state index contributed by atoms with van der Waals surface area (Å²) in [7, 11) is 0. The van der Waals surface area contributed by atoms with Gasteiger partial charge < -0.3 is 10.8 Å². The van der Waals surface area contributed by atoms with Crippen molar-refractivity contribution in [2.24, 2.45) is 0 Å². The van der Waals surface area contributed by atoms with Gasteiger partial charge in [-0.25, -0.2) is 4.79 Å². The SMILES string of the molecule is CC(c1c(N)cccc1C(=O)O)[N+](=O)[O-]. The van der Waals surface area contributed by atoms with Crippen molar-refractivity contribution >= 4 is 11.7 Å². The molecular weight excluding hydrogens is 200 g/mol. The number of hydrogen-bond donors (Lipinski definition) is 2. The molecule has 1 atom stereocenters. The van der Waals surface area contributed by atoms with Gasteiger partial charge in [0.2, 0.25) is 6.04 Å². The molecule has 0 saturated carbocycles. The third-order valence-electron chi connectivity index (χ3n) is 2.10. The fourth-order valence-electron chi connectivity index (χ4n) is 1.34. The van der Waals surface area contributed by atoms with E-state index < -0.39 is 16.9 Å². The maximum atomic E-state index is 10.8. The van der Waals surface area contributed by atoms with E-state index in [-0.39, 0.29) is 16.8 Å². The average molecular weight is 210 g/mol. The Bertz CT molecular complexity index is 417. The highest BCUT2D eigenvalue weighted by Gasteiger charge is 2.25. The Morgan fingerprint density at radius 1 is 1.60 bits per heavy atom. The van der Waals surface area contributed by atoms with E-state index >= 15 is 0 Å². The first-order valence-electron chi connectivity index (χ1n) is 4.20. The van der Waals surface area contributed by atoms with E-state index in [1.54, 1.807) is 0 Å². The van der Waals surface area contributed by atoms with Gasteiger partial charge in [0.1, 0.15) is 0 Å². The van der Waals surface area contributed by atoms with Crippen LogP contribution in [0, 0.1) is 10.1 Å². The molecule has 0 fully saturated rings. The van der Waals surface area contributed by atoms with Crippen molar-refractivity contribution in [3.05, 3.63) is 39.4 Å². The van der Waals surface area contributed by atoms with Gasteiger partial charge in [-0.2, -0.15) is 0 Å². The zero-order chi connectivity index (χ0) is 11.6. The van der Waals surface area contributed by atoms with Crippen LogP contribution in [0.3, 0.4) is 0 Å². The molecule has 0 aromatic heterocycles. The van der Waals surface area contributed by atoms with Crippen LogP contribution in [0.25, 0.3) is 0 Å². The molecule has 1 unspecified atom stereocenters. The van der Waals surface area contributed by atoms with Crippen LogP contribution in [0.2, 0.25) is 0 Å². The van der Waals surface area contributed by atoms with Gasteiger partial charge in [0.25, 0.3) is 0 Å². The van der Waals surface area contributed by atoms with Crippen molar-refractivity contribution in [2.45, 2.75) is 13.0 Å². The summed E-state index contributed by atoms with van der Waals surface area (Å²) in [4.78, 5) is 20.8. The second-order valence-electron chi connectivity index (χ2n) is 3.07. The maximum absolute atomic E-state index is 10.8. The summed E-state index contributed by atoms with van der Waals surface area (Å²) >= 11 is 0. The molecule has 6 nitrogen and oxygen atoms in total. The largest absolute Gasteiger partial charge is 0.478 e. The lowest BCUT2D eigenvalue weighted by Gasteiger charge is -2.10. The number of aromatic carboxylic acids is 1. The first-order chi connectivity index (χ1) is 6.95. The molecule has 0 bridgehead atoms. The molecule has 3 N–H and O–H groups in total. The fourth-order valence-corrected chi connectivity index (χ4v) is 1.34. The number of carboxylic acids is 1. The summed E-state index contributed by atoms with van der Waals surface area (Å²) < 4.78 is 0. The smallest absolute Gasteiger partial charge is 0.336 e. The quantitative estimate of drug-likeness (QED) is 0.444. The molecule has 1 rings (SSSR count). The van der Waals surface area contributed by atoms with Crippen molar-refractivity contribution in [2.75, 3.05) is 5.73 Å². The number of nitro groups is 1. The Kier molecular flexibility index (Phi) is 2.89. The Morgan fingerprint density at radius 2 is 2.20 bits per heavy atom. The minimum atomic E-state index is -1.22. The summed E-state index contributed by atoms with van der Waals surface area (Å²) in [6, 6.07) is 3.07. The van der Waals surface area contributed by atoms with Gasteiger partial charge in [-0.05, 0) is 12.1 Å². The topological polar surface area (TPSA) is 106 Å². The van der Waals surface area contributed by atoms with Gasteiger partial charge in [0.15, 0.2) is 0 Å². The molecular formula is C9H10N2O4. The van der Waals surface area contributed by atoms with Crippen LogP contribution < -0.4 is 5.73 Å². The van der Waals surface area contributed by atoms with Crippen molar-refractivity contribution < 1.29 is 14.8 Å². The molecule has 6 heteroatoms. The number of carboxylic acid groups (broad SMARTS) is 1. The molecule has 0 aliphatic heterocycles. The van der Waals surface area contributed by atoms with Gasteiger partial charge in [0.05, 0.1) is 11.1 Å². The number of hydrogen-bond acceptors (Lipinski definition) is 4. The minimum absolute atomic E-state index is 0.0509. The van der Waals surface area contributed by atoms with Crippen molar-refractivity contribution in [3.63, 3.8) is 0 Å². The van der Waals surface area contributed by atoms with E-state index in [0.717, 1.165) is 0 Å². The molecule has 15 heavy (non-hydrogen) atoms. The normalized spacial score (nSPS) is 12.1. The van der Waals surface area contributed by atoms with Crippen molar-refractivity contribution in [1.82, 2.24) is 0 Å². The third kappa shape index (κ3) is 2.04. The lowest BCUT2D eigenvalue weighted by atomic mass is 10.00. The van der Waals surface area contributed by atoms with E-state index in [1.165, 1.54) is 25.1 Å². The zero-order valence-corrected chi connectivity index (χ0v) is 8.01. The summed E-state index contributed by atoms with van der Waals surface area (Å²) in [5.41, 5.74) is 5.58. The number of benzene rings is 1. The van der Waals surface area contributed by atoms with Gasteiger partial charge in [-0.15, -0.1) is 0 Å². The van der Waals surface area contributed by atoms with Crippen LogP contribution in [0.5, 0.6) is 0 Å². The fraction of sp³-hybridized carbons (Fsp3) is 0.222. The van der Waals surface area contributed by atoms with E-state index in [1.807, 2.05) is 0 Å². The molecule has 0 spiro atoms. The van der Waals surface area contributed by atoms with Crippen LogP contribution >= 0.6 is 0 Å². The highest BCUT2D eigenvalue weighted by Crippen LogP contribution is 2.26. The summed E-state index contributed by atoms with van der Waals surface area (Å²) in [5, 5.41) is 19.4. The minimum Gasteiger partial charge on any atom is -0.478 e. The van der Waals surface area contributed by atoms with E-state index in [4.69, 9.17) is 10.8 Å². The maximum Gasteiger partial charge on any atom is 0.336 e. The van der Waals surface area contributed by atoms with Gasteiger partial charge >= 0.3 is 5.97 Å². The Balaban J connectivity index is 3.37. The first kappa shape index (κ1) is 11.0. The van der Waals surface area contributed by atoms with Gasteiger partial charge in [-0.3, -0.25) is 10.1 Å². The summed E-state index contributed by atoms with van der Waals surface area (Å²) in [5.74, 6) is -1.22. The molecule has 0 amide bonds. The predicted molar refractivity (Wildman–Crippen MR) is 53.2 cm³/mol. The van der Waals surface area contributed by atoms with Gasteiger partial charge in [-0.1, -0.05) is 6.07 Å². The van der Waals surface area contributed by atoms with E-state index in [9.17, 15) is 14.9 Å². The Hall–Kier alpha value is -2.11. The summed E-state index contributed by atoms with van der Waals surface area (Å²) in [6.07, 6.45) is 0. The van der Waals surface area contributed by atoms with Crippen LogP contribution in [0.15, 0.2) is 18.2 Å². The van der Waals surface area contributed by atoms with Crippen LogP contribution in [0.1, 0.15) is 28.9 Å². The standard InChI is InChI=1S/C9H10N2O4/c1-5(11(14)15)8-6(9(12)13)3-2-4-7(8)10/h2-5H,10H2,1H3,(H,12,13). The molecule has 0 aliphatic rings. The van der Waals surface area contributed by atoms with Crippen LogP contribution in [-0.2, 0) is 0 Å². The molecule has 0 heterocycles. The molecule has 0 aliphatic carbocycles. The van der Waals surface area contributed by atoms with Gasteiger partial charge in [0, 0.05) is 17.5 Å². The Labute approximate surface area is 85.5 Å².